The quantitative estimate of drug-likeness (QED) is 0.482. The number of hydrogen-bond acceptors (Lipinski definition) is 5. The SMILES string of the molecule is CCCC(CC)N1CCN(Cc2ccc(CP(C)(=O)O)cc2)CCN(C(CC)CO)CC1. The molecule has 3 unspecified atom stereocenters. The highest BCUT2D eigenvalue weighted by atomic mass is 31.2. The van der Waals surface area contributed by atoms with Crippen LogP contribution < -0.4 is 0 Å². The first-order chi connectivity index (χ1) is 15.3. The lowest BCUT2D eigenvalue weighted by atomic mass is 10.1. The van der Waals surface area contributed by atoms with E-state index in [4.69, 9.17) is 0 Å². The molecule has 2 N–H and O–H groups in total. The van der Waals surface area contributed by atoms with Crippen molar-refractivity contribution >= 4 is 7.37 Å². The summed E-state index contributed by atoms with van der Waals surface area (Å²) >= 11 is 0. The summed E-state index contributed by atoms with van der Waals surface area (Å²) in [5.41, 5.74) is 2.16. The fourth-order valence-electron chi connectivity index (χ4n) is 4.85. The maximum atomic E-state index is 11.7. The van der Waals surface area contributed by atoms with Crippen molar-refractivity contribution in [3.8, 4) is 0 Å². The first-order valence-corrected chi connectivity index (χ1v) is 14.8. The second-order valence-corrected chi connectivity index (χ2v) is 11.9. The molecule has 2 rings (SSSR count). The average Bonchev–Trinajstić information content (AvgIpc) is 2.85. The monoisotopic (exact) mass is 467 g/mol. The highest BCUT2D eigenvalue weighted by Gasteiger charge is 2.24. The molecule has 0 spiro atoms. The highest BCUT2D eigenvalue weighted by molar-refractivity contribution is 7.56. The maximum Gasteiger partial charge on any atom is 0.201 e. The molecule has 1 heterocycles. The van der Waals surface area contributed by atoms with Crippen LogP contribution in [0.3, 0.4) is 0 Å². The Balaban J connectivity index is 2.12. The summed E-state index contributed by atoms with van der Waals surface area (Å²) < 4.78 is 11.7. The normalized spacial score (nSPS) is 21.3. The van der Waals surface area contributed by atoms with Gasteiger partial charge in [0.1, 0.15) is 0 Å². The van der Waals surface area contributed by atoms with Gasteiger partial charge >= 0.3 is 0 Å². The van der Waals surface area contributed by atoms with Crippen molar-refractivity contribution in [2.24, 2.45) is 0 Å². The molecule has 0 amide bonds. The van der Waals surface area contributed by atoms with Gasteiger partial charge in [-0.1, -0.05) is 51.5 Å². The van der Waals surface area contributed by atoms with Gasteiger partial charge in [-0.15, -0.1) is 0 Å². The largest absolute Gasteiger partial charge is 0.395 e. The van der Waals surface area contributed by atoms with E-state index in [0.29, 0.717) is 6.04 Å². The minimum absolute atomic E-state index is 0.219. The Morgan fingerprint density at radius 2 is 1.38 bits per heavy atom. The van der Waals surface area contributed by atoms with Crippen molar-refractivity contribution in [1.82, 2.24) is 14.7 Å². The Hall–Kier alpha value is -0.750. The Bertz CT molecular complexity index is 690. The van der Waals surface area contributed by atoms with E-state index in [1.807, 2.05) is 12.1 Å². The van der Waals surface area contributed by atoms with Gasteiger partial charge in [0, 0.05) is 70.7 Å². The van der Waals surface area contributed by atoms with Gasteiger partial charge in [-0.2, -0.15) is 0 Å². The summed E-state index contributed by atoms with van der Waals surface area (Å²) in [6, 6.07) is 9.03. The number of nitrogens with zero attached hydrogens (tertiary/aromatic N) is 3. The van der Waals surface area contributed by atoms with Crippen LogP contribution in [0.4, 0.5) is 0 Å². The summed E-state index contributed by atoms with van der Waals surface area (Å²) in [4.78, 5) is 17.3. The minimum atomic E-state index is -3.04. The van der Waals surface area contributed by atoms with Crippen LogP contribution in [0.5, 0.6) is 0 Å². The molecule has 0 aromatic heterocycles. The number of benzene rings is 1. The van der Waals surface area contributed by atoms with E-state index in [0.717, 1.165) is 57.8 Å². The first kappa shape index (κ1) is 27.5. The molecule has 1 aliphatic heterocycles. The van der Waals surface area contributed by atoms with Crippen molar-refractivity contribution in [3.63, 3.8) is 0 Å². The lowest BCUT2D eigenvalue weighted by Crippen LogP contribution is -2.45. The van der Waals surface area contributed by atoms with Crippen LogP contribution in [-0.2, 0) is 17.3 Å². The Morgan fingerprint density at radius 3 is 1.84 bits per heavy atom. The molecular formula is C25H46N3O3P. The predicted octanol–water partition coefficient (Wildman–Crippen LogP) is 3.86. The minimum Gasteiger partial charge on any atom is -0.395 e. The highest BCUT2D eigenvalue weighted by Crippen LogP contribution is 2.39. The molecule has 0 saturated carbocycles. The fourth-order valence-corrected chi connectivity index (χ4v) is 5.74. The van der Waals surface area contributed by atoms with Gasteiger partial charge in [-0.3, -0.25) is 19.3 Å². The summed E-state index contributed by atoms with van der Waals surface area (Å²) in [5.74, 6) is 0. The van der Waals surface area contributed by atoms with Crippen LogP contribution >= 0.6 is 7.37 Å². The molecule has 6 nitrogen and oxygen atoms in total. The Labute approximate surface area is 196 Å². The van der Waals surface area contributed by atoms with Crippen LogP contribution in [0, 0.1) is 0 Å². The zero-order valence-corrected chi connectivity index (χ0v) is 21.6. The zero-order valence-electron chi connectivity index (χ0n) is 20.7. The third kappa shape index (κ3) is 9.24. The second-order valence-electron chi connectivity index (χ2n) is 9.47. The Morgan fingerprint density at radius 1 is 0.875 bits per heavy atom. The lowest BCUT2D eigenvalue weighted by molar-refractivity contribution is 0.0983. The lowest BCUT2D eigenvalue weighted by Gasteiger charge is -2.34. The number of rotatable bonds is 11. The van der Waals surface area contributed by atoms with E-state index in [1.165, 1.54) is 31.5 Å². The van der Waals surface area contributed by atoms with Gasteiger partial charge in [-0.05, 0) is 30.4 Å². The molecule has 7 heteroatoms. The van der Waals surface area contributed by atoms with E-state index in [-0.39, 0.29) is 18.8 Å². The van der Waals surface area contributed by atoms with Crippen molar-refractivity contribution in [3.05, 3.63) is 35.4 Å². The van der Waals surface area contributed by atoms with Crippen LogP contribution in [0.1, 0.15) is 57.6 Å². The summed E-state index contributed by atoms with van der Waals surface area (Å²) in [5, 5.41) is 9.92. The molecule has 1 fully saturated rings. The molecule has 32 heavy (non-hydrogen) atoms. The van der Waals surface area contributed by atoms with Gasteiger partial charge in [0.05, 0.1) is 6.61 Å². The Kier molecular flexibility index (Phi) is 11.9. The maximum absolute atomic E-state index is 11.7. The molecule has 3 atom stereocenters. The van der Waals surface area contributed by atoms with E-state index in [9.17, 15) is 14.6 Å². The van der Waals surface area contributed by atoms with E-state index in [1.54, 1.807) is 0 Å². The molecule has 1 saturated heterocycles. The van der Waals surface area contributed by atoms with E-state index < -0.39 is 7.37 Å². The van der Waals surface area contributed by atoms with Crippen LogP contribution in [0.2, 0.25) is 0 Å². The topological polar surface area (TPSA) is 67.2 Å². The molecule has 184 valence electrons. The number of hydrogen-bond donors (Lipinski definition) is 2. The second kappa shape index (κ2) is 13.8. The van der Waals surface area contributed by atoms with Crippen LogP contribution in [-0.4, -0.2) is 89.3 Å². The number of aliphatic hydroxyl groups excluding tert-OH is 1. The summed E-state index contributed by atoms with van der Waals surface area (Å²) in [6.45, 7) is 15.4. The summed E-state index contributed by atoms with van der Waals surface area (Å²) in [7, 11) is -3.04. The van der Waals surface area contributed by atoms with Gasteiger partial charge in [0.2, 0.25) is 7.37 Å². The standard InChI is InChI=1S/C25H46N3O3P/c1-5-8-24(6-2)27-15-13-26(14-16-28(18-17-27)25(7-3)20-29)19-22-9-11-23(12-10-22)21-32(4,30)31/h9-12,24-25,29H,5-8,13-21H2,1-4H3,(H,30,31). The van der Waals surface area contributed by atoms with E-state index in [2.05, 4.69) is 47.6 Å². The van der Waals surface area contributed by atoms with Crippen molar-refractivity contribution in [2.75, 3.05) is 52.5 Å². The van der Waals surface area contributed by atoms with Gasteiger partial charge in [-0.25, -0.2) is 0 Å². The molecule has 0 bridgehead atoms. The molecule has 1 aromatic rings. The third-order valence-electron chi connectivity index (χ3n) is 6.79. The van der Waals surface area contributed by atoms with E-state index >= 15 is 0 Å². The third-order valence-corrected chi connectivity index (χ3v) is 7.75. The van der Waals surface area contributed by atoms with Crippen LogP contribution in [0.15, 0.2) is 24.3 Å². The van der Waals surface area contributed by atoms with Gasteiger partial charge < -0.3 is 10.00 Å². The van der Waals surface area contributed by atoms with Crippen molar-refractivity contribution < 1.29 is 14.6 Å². The van der Waals surface area contributed by atoms with Crippen molar-refractivity contribution in [1.29, 1.82) is 0 Å². The average molecular weight is 468 g/mol. The molecule has 0 radical (unpaired) electrons. The fraction of sp³-hybridized carbons (Fsp3) is 0.760. The van der Waals surface area contributed by atoms with Gasteiger partial charge in [0.25, 0.3) is 0 Å². The summed E-state index contributed by atoms with van der Waals surface area (Å²) in [6.07, 6.45) is 4.83. The zero-order chi connectivity index (χ0) is 23.6. The predicted molar refractivity (Wildman–Crippen MR) is 134 cm³/mol. The molecule has 1 aliphatic rings. The van der Waals surface area contributed by atoms with Gasteiger partial charge in [0.15, 0.2) is 0 Å². The molecule has 0 aliphatic carbocycles. The van der Waals surface area contributed by atoms with Crippen molar-refractivity contribution in [2.45, 2.75) is 71.2 Å². The first-order valence-electron chi connectivity index (χ1n) is 12.5. The number of aliphatic hydroxyl groups is 1. The van der Waals surface area contributed by atoms with Crippen LogP contribution in [0.25, 0.3) is 0 Å². The molecule has 1 aromatic carbocycles. The smallest absolute Gasteiger partial charge is 0.201 e. The molecular weight excluding hydrogens is 421 g/mol.